The highest BCUT2D eigenvalue weighted by Crippen LogP contribution is 2.25. The summed E-state index contributed by atoms with van der Waals surface area (Å²) in [6.07, 6.45) is 6.96. The van der Waals surface area contributed by atoms with Gasteiger partial charge in [-0.2, -0.15) is 0 Å². The standard InChI is InChI=1S/C26H41N3O3/c1-27(20-25-21-31-18-19-32-25)26(30)23-9-16-29(17-10-23)24-11-14-28(15-12-24)13-5-8-22-6-3-2-4-7-22/h2-4,6-7,23-25H,5,8-21H2,1H3/t25-/m1/s1. The number of rotatable bonds is 8. The fourth-order valence-corrected chi connectivity index (χ4v) is 5.52. The predicted molar refractivity (Wildman–Crippen MR) is 127 cm³/mol. The topological polar surface area (TPSA) is 45.3 Å². The Morgan fingerprint density at radius 1 is 1.03 bits per heavy atom. The van der Waals surface area contributed by atoms with E-state index in [1.165, 1.54) is 50.9 Å². The number of carbonyl (C=O) groups excluding carboxylic acids is 1. The van der Waals surface area contributed by atoms with Crippen LogP contribution < -0.4 is 0 Å². The monoisotopic (exact) mass is 443 g/mol. The molecule has 0 unspecified atom stereocenters. The molecular weight excluding hydrogens is 402 g/mol. The van der Waals surface area contributed by atoms with Crippen molar-refractivity contribution in [1.29, 1.82) is 0 Å². The van der Waals surface area contributed by atoms with Crippen molar-refractivity contribution in [3.63, 3.8) is 0 Å². The molecule has 32 heavy (non-hydrogen) atoms. The SMILES string of the molecule is CN(C[C@@H]1COCCO1)C(=O)C1CCN(C2CCN(CCCc3ccccc3)CC2)CC1. The van der Waals surface area contributed by atoms with Crippen LogP contribution in [0.1, 0.15) is 37.7 Å². The fraction of sp³-hybridized carbons (Fsp3) is 0.731. The molecular formula is C26H41N3O3. The summed E-state index contributed by atoms with van der Waals surface area (Å²) in [5.41, 5.74) is 1.45. The van der Waals surface area contributed by atoms with Crippen LogP contribution in [0.15, 0.2) is 30.3 Å². The van der Waals surface area contributed by atoms with Crippen LogP contribution >= 0.6 is 0 Å². The van der Waals surface area contributed by atoms with Crippen LogP contribution in [0.4, 0.5) is 0 Å². The number of hydrogen-bond donors (Lipinski definition) is 0. The van der Waals surface area contributed by atoms with Crippen molar-refractivity contribution in [2.75, 3.05) is 66.1 Å². The van der Waals surface area contributed by atoms with E-state index in [0.717, 1.165) is 25.9 Å². The van der Waals surface area contributed by atoms with Gasteiger partial charge in [-0.3, -0.25) is 4.79 Å². The lowest BCUT2D eigenvalue weighted by molar-refractivity contribution is -0.142. The first kappa shape index (κ1) is 23.7. The first-order valence-electron chi connectivity index (χ1n) is 12.6. The van der Waals surface area contributed by atoms with E-state index in [4.69, 9.17) is 9.47 Å². The Labute approximate surface area is 193 Å². The zero-order valence-corrected chi connectivity index (χ0v) is 19.8. The van der Waals surface area contributed by atoms with Crippen LogP contribution in [0.5, 0.6) is 0 Å². The first-order chi connectivity index (χ1) is 15.7. The Morgan fingerprint density at radius 3 is 2.47 bits per heavy atom. The minimum atomic E-state index is 0.0238. The number of likely N-dealkylation sites (tertiary alicyclic amines) is 2. The van der Waals surface area contributed by atoms with E-state index in [9.17, 15) is 4.79 Å². The van der Waals surface area contributed by atoms with Crippen molar-refractivity contribution in [2.45, 2.75) is 50.7 Å². The number of benzene rings is 1. The Hall–Kier alpha value is -1.47. The molecule has 0 bridgehead atoms. The molecule has 1 aromatic carbocycles. The second-order valence-electron chi connectivity index (χ2n) is 9.76. The smallest absolute Gasteiger partial charge is 0.225 e. The van der Waals surface area contributed by atoms with E-state index in [-0.39, 0.29) is 17.9 Å². The predicted octanol–water partition coefficient (Wildman–Crippen LogP) is 2.67. The van der Waals surface area contributed by atoms with Gasteiger partial charge in [-0.25, -0.2) is 0 Å². The number of ether oxygens (including phenoxy) is 2. The van der Waals surface area contributed by atoms with Crippen molar-refractivity contribution < 1.29 is 14.3 Å². The average Bonchev–Trinajstić information content (AvgIpc) is 2.85. The second kappa shape index (κ2) is 12.1. The normalized spacial score (nSPS) is 24.5. The molecule has 6 heteroatoms. The molecule has 3 heterocycles. The third-order valence-corrected chi connectivity index (χ3v) is 7.47. The van der Waals surface area contributed by atoms with Crippen molar-refractivity contribution in [2.24, 2.45) is 5.92 Å². The second-order valence-corrected chi connectivity index (χ2v) is 9.76. The van der Waals surface area contributed by atoms with Crippen molar-refractivity contribution in [1.82, 2.24) is 14.7 Å². The number of nitrogens with zero attached hydrogens (tertiary/aromatic N) is 3. The van der Waals surface area contributed by atoms with Crippen LogP contribution in [0, 0.1) is 5.92 Å². The summed E-state index contributed by atoms with van der Waals surface area (Å²) in [7, 11) is 1.92. The molecule has 3 fully saturated rings. The highest BCUT2D eigenvalue weighted by atomic mass is 16.6. The van der Waals surface area contributed by atoms with Gasteiger partial charge in [-0.15, -0.1) is 0 Å². The molecule has 0 saturated carbocycles. The molecule has 3 aliphatic heterocycles. The molecule has 1 aromatic rings. The summed E-state index contributed by atoms with van der Waals surface area (Å²) < 4.78 is 11.2. The number of amides is 1. The van der Waals surface area contributed by atoms with Gasteiger partial charge in [-0.05, 0) is 76.8 Å². The molecule has 178 valence electrons. The highest BCUT2D eigenvalue weighted by molar-refractivity contribution is 5.78. The Balaban J connectivity index is 1.12. The Bertz CT molecular complexity index is 679. The van der Waals surface area contributed by atoms with E-state index < -0.39 is 0 Å². The summed E-state index contributed by atoms with van der Waals surface area (Å²) in [5, 5.41) is 0. The molecule has 0 spiro atoms. The van der Waals surface area contributed by atoms with Crippen LogP contribution in [0.3, 0.4) is 0 Å². The lowest BCUT2D eigenvalue weighted by atomic mass is 9.92. The third-order valence-electron chi connectivity index (χ3n) is 7.47. The molecule has 1 atom stereocenters. The molecule has 1 amide bonds. The zero-order valence-electron chi connectivity index (χ0n) is 19.8. The van der Waals surface area contributed by atoms with Crippen LogP contribution in [-0.2, 0) is 20.7 Å². The molecule has 0 aliphatic carbocycles. The summed E-state index contributed by atoms with van der Waals surface area (Å²) >= 11 is 0. The summed E-state index contributed by atoms with van der Waals surface area (Å²) in [4.78, 5) is 20.1. The third kappa shape index (κ3) is 6.77. The molecule has 4 rings (SSSR count). The first-order valence-corrected chi connectivity index (χ1v) is 12.6. The largest absolute Gasteiger partial charge is 0.376 e. The fourth-order valence-electron chi connectivity index (χ4n) is 5.52. The van der Waals surface area contributed by atoms with Gasteiger partial charge in [0.15, 0.2) is 0 Å². The summed E-state index contributed by atoms with van der Waals surface area (Å²) in [5.74, 6) is 0.450. The maximum Gasteiger partial charge on any atom is 0.225 e. The lowest BCUT2D eigenvalue weighted by Crippen LogP contribution is -2.50. The average molecular weight is 444 g/mol. The van der Waals surface area contributed by atoms with Gasteiger partial charge < -0.3 is 24.2 Å². The van der Waals surface area contributed by atoms with Crippen molar-refractivity contribution in [3.05, 3.63) is 35.9 Å². The number of carbonyl (C=O) groups is 1. The van der Waals surface area contributed by atoms with Gasteiger partial charge in [0.05, 0.1) is 25.9 Å². The van der Waals surface area contributed by atoms with Gasteiger partial charge in [-0.1, -0.05) is 30.3 Å². The molecule has 3 saturated heterocycles. The molecule has 3 aliphatic rings. The van der Waals surface area contributed by atoms with Crippen LogP contribution in [-0.4, -0.2) is 98.9 Å². The highest BCUT2D eigenvalue weighted by Gasteiger charge is 2.32. The zero-order chi connectivity index (χ0) is 22.2. The maximum absolute atomic E-state index is 12.9. The van der Waals surface area contributed by atoms with Gasteiger partial charge >= 0.3 is 0 Å². The quantitative estimate of drug-likeness (QED) is 0.618. The van der Waals surface area contributed by atoms with Crippen LogP contribution in [0.2, 0.25) is 0 Å². The van der Waals surface area contributed by atoms with Gasteiger partial charge in [0.1, 0.15) is 0 Å². The Morgan fingerprint density at radius 2 is 1.78 bits per heavy atom. The van der Waals surface area contributed by atoms with E-state index in [1.807, 2.05) is 11.9 Å². The molecule has 6 nitrogen and oxygen atoms in total. The lowest BCUT2D eigenvalue weighted by Gasteiger charge is -2.42. The van der Waals surface area contributed by atoms with E-state index >= 15 is 0 Å². The number of likely N-dealkylation sites (N-methyl/N-ethyl adjacent to an activating group) is 1. The minimum Gasteiger partial charge on any atom is -0.376 e. The summed E-state index contributed by atoms with van der Waals surface area (Å²) in [6, 6.07) is 11.5. The van der Waals surface area contributed by atoms with E-state index in [1.54, 1.807) is 0 Å². The van der Waals surface area contributed by atoms with Gasteiger partial charge in [0.25, 0.3) is 0 Å². The van der Waals surface area contributed by atoms with Crippen molar-refractivity contribution in [3.8, 4) is 0 Å². The molecule has 0 N–H and O–H groups in total. The van der Waals surface area contributed by atoms with Gasteiger partial charge in [0.2, 0.25) is 5.91 Å². The molecule has 0 aromatic heterocycles. The summed E-state index contributed by atoms with van der Waals surface area (Å²) in [6.45, 7) is 8.30. The number of piperidine rings is 2. The van der Waals surface area contributed by atoms with Gasteiger partial charge in [0, 0.05) is 25.6 Å². The van der Waals surface area contributed by atoms with Crippen LogP contribution in [0.25, 0.3) is 0 Å². The Kier molecular flexibility index (Phi) is 8.97. The number of hydrogen-bond acceptors (Lipinski definition) is 5. The number of aryl methyl sites for hydroxylation is 1. The van der Waals surface area contributed by atoms with Crippen molar-refractivity contribution >= 4 is 5.91 Å². The van der Waals surface area contributed by atoms with E-state index in [0.29, 0.717) is 32.4 Å². The van der Waals surface area contributed by atoms with E-state index in [2.05, 4.69) is 40.1 Å². The molecule has 0 radical (unpaired) electrons. The maximum atomic E-state index is 12.9. The minimum absolute atomic E-state index is 0.0238.